The zero-order valence-corrected chi connectivity index (χ0v) is 7.87. The summed E-state index contributed by atoms with van der Waals surface area (Å²) < 4.78 is 10.5. The van der Waals surface area contributed by atoms with Crippen LogP contribution in [0.15, 0.2) is 0 Å². The molecule has 4 heteroatoms. The Hall–Kier alpha value is 0.480. The first-order valence-electron chi connectivity index (χ1n) is 3.57. The third-order valence-corrected chi connectivity index (χ3v) is 2.66. The Morgan fingerprint density at radius 1 is 1.40 bits per heavy atom. The minimum absolute atomic E-state index is 0.258. The lowest BCUT2D eigenvalue weighted by Crippen LogP contribution is -1.83. The Morgan fingerprint density at radius 2 is 2.00 bits per heavy atom. The molecule has 0 saturated heterocycles. The van der Waals surface area contributed by atoms with Crippen LogP contribution in [0.1, 0.15) is 32.6 Å². The Balaban J connectivity index is 3.13. The molecule has 0 heterocycles. The molecule has 1 atom stereocenters. The average Bonchev–Trinajstić information content (AvgIpc) is 1.78. The number of halogens is 1. The van der Waals surface area contributed by atoms with Gasteiger partial charge in [0, 0.05) is 6.16 Å². The summed E-state index contributed by atoms with van der Waals surface area (Å²) in [6, 6.07) is 0. The van der Waals surface area contributed by atoms with E-state index in [4.69, 9.17) is 16.1 Å². The van der Waals surface area contributed by atoms with Gasteiger partial charge in [-0.15, -0.1) is 0 Å². The summed E-state index contributed by atoms with van der Waals surface area (Å²) in [5, 5.41) is 0. The molecule has 0 aliphatic heterocycles. The van der Waals surface area contributed by atoms with Gasteiger partial charge in [0.15, 0.2) is 0 Å². The maximum atomic E-state index is 10.5. The highest BCUT2D eigenvalue weighted by atomic mass is 35.7. The molecule has 0 rings (SSSR count). The van der Waals surface area contributed by atoms with Crippen LogP contribution in [0.2, 0.25) is 0 Å². The Bertz CT molecular complexity index is 121. The van der Waals surface area contributed by atoms with Crippen LogP contribution in [-0.4, -0.2) is 11.1 Å². The molecule has 1 unspecified atom stereocenters. The number of hydrogen-bond donors (Lipinski definition) is 1. The van der Waals surface area contributed by atoms with Gasteiger partial charge < -0.3 is 4.89 Å². The summed E-state index contributed by atoms with van der Waals surface area (Å²) in [5.74, 6) is 0. The summed E-state index contributed by atoms with van der Waals surface area (Å²) in [6.07, 6.45) is 4.29. The lowest BCUT2D eigenvalue weighted by Gasteiger charge is -2.00. The topological polar surface area (TPSA) is 37.3 Å². The van der Waals surface area contributed by atoms with Crippen molar-refractivity contribution in [3.63, 3.8) is 0 Å². The fourth-order valence-corrected chi connectivity index (χ4v) is 1.71. The van der Waals surface area contributed by atoms with E-state index in [0.717, 1.165) is 25.7 Å². The third-order valence-electron chi connectivity index (χ3n) is 1.29. The number of hydrogen-bond acceptors (Lipinski definition) is 1. The van der Waals surface area contributed by atoms with Crippen molar-refractivity contribution in [3.8, 4) is 0 Å². The van der Waals surface area contributed by atoms with E-state index in [0.29, 0.717) is 0 Å². The summed E-state index contributed by atoms with van der Waals surface area (Å²) in [4.78, 5) is 8.64. The summed E-state index contributed by atoms with van der Waals surface area (Å²) in [6.45, 7) is -1.14. The van der Waals surface area contributed by atoms with E-state index >= 15 is 0 Å². The van der Waals surface area contributed by atoms with Crippen molar-refractivity contribution < 1.29 is 9.46 Å². The van der Waals surface area contributed by atoms with Gasteiger partial charge in [-0.2, -0.15) is 0 Å². The SMILES string of the molecule is CCCCCCP(=O)(O)Cl. The van der Waals surface area contributed by atoms with Gasteiger partial charge in [-0.1, -0.05) is 26.2 Å². The molecule has 62 valence electrons. The molecule has 0 aromatic carbocycles. The highest BCUT2D eigenvalue weighted by molar-refractivity contribution is 7.84. The maximum absolute atomic E-state index is 10.5. The first-order valence-corrected chi connectivity index (χ1v) is 6.32. The molecule has 0 bridgehead atoms. The molecule has 0 spiro atoms. The normalized spacial score (nSPS) is 16.7. The Morgan fingerprint density at radius 3 is 2.40 bits per heavy atom. The smallest absolute Gasteiger partial charge is 0.287 e. The molecule has 0 saturated carbocycles. The molecule has 0 aliphatic rings. The molecule has 0 fully saturated rings. The van der Waals surface area contributed by atoms with E-state index in [1.165, 1.54) is 0 Å². The summed E-state index contributed by atoms with van der Waals surface area (Å²) >= 11 is 5.12. The predicted octanol–water partition coefficient (Wildman–Crippen LogP) is 2.99. The van der Waals surface area contributed by atoms with Crippen molar-refractivity contribution in [2.24, 2.45) is 0 Å². The van der Waals surface area contributed by atoms with Crippen LogP contribution in [0.5, 0.6) is 0 Å². The van der Waals surface area contributed by atoms with Crippen LogP contribution in [0.4, 0.5) is 0 Å². The molecular formula is C6H14ClO2P. The van der Waals surface area contributed by atoms with Gasteiger partial charge in [0.1, 0.15) is 0 Å². The van der Waals surface area contributed by atoms with E-state index in [1.54, 1.807) is 0 Å². The quantitative estimate of drug-likeness (QED) is 0.527. The molecule has 0 radical (unpaired) electrons. The van der Waals surface area contributed by atoms with Crippen LogP contribution in [-0.2, 0) is 4.57 Å². The zero-order valence-electron chi connectivity index (χ0n) is 6.22. The van der Waals surface area contributed by atoms with Crippen molar-refractivity contribution in [1.29, 1.82) is 0 Å². The van der Waals surface area contributed by atoms with Crippen LogP contribution in [0.25, 0.3) is 0 Å². The Kier molecular flexibility index (Phi) is 5.42. The summed E-state index contributed by atoms with van der Waals surface area (Å²) in [5.41, 5.74) is 0. The molecule has 1 N–H and O–H groups in total. The van der Waals surface area contributed by atoms with Crippen molar-refractivity contribution in [2.75, 3.05) is 6.16 Å². The van der Waals surface area contributed by atoms with Gasteiger partial charge in [-0.05, 0) is 17.7 Å². The van der Waals surface area contributed by atoms with E-state index in [9.17, 15) is 4.57 Å². The van der Waals surface area contributed by atoms with Gasteiger partial charge in [0.25, 0.3) is 6.72 Å². The molecular weight excluding hydrogens is 170 g/mol. The molecule has 0 aromatic heterocycles. The first-order chi connectivity index (χ1) is 4.56. The number of rotatable bonds is 5. The fraction of sp³-hybridized carbons (Fsp3) is 1.00. The van der Waals surface area contributed by atoms with E-state index < -0.39 is 6.72 Å². The van der Waals surface area contributed by atoms with E-state index in [-0.39, 0.29) is 6.16 Å². The lowest BCUT2D eigenvalue weighted by molar-refractivity contribution is 0.492. The standard InChI is InChI=1S/C6H14ClO2P/c1-2-3-4-5-6-10(7,8)9/h2-6H2,1H3,(H,8,9). The van der Waals surface area contributed by atoms with Gasteiger partial charge in [0.2, 0.25) is 0 Å². The van der Waals surface area contributed by atoms with Gasteiger partial charge >= 0.3 is 0 Å². The van der Waals surface area contributed by atoms with E-state index in [2.05, 4.69) is 6.92 Å². The van der Waals surface area contributed by atoms with Gasteiger partial charge in [0.05, 0.1) is 0 Å². The van der Waals surface area contributed by atoms with Crippen molar-refractivity contribution >= 4 is 18.0 Å². The van der Waals surface area contributed by atoms with Gasteiger partial charge in [-0.25, -0.2) is 0 Å². The molecule has 2 nitrogen and oxygen atoms in total. The second kappa shape index (κ2) is 5.17. The third kappa shape index (κ3) is 8.48. The lowest BCUT2D eigenvalue weighted by atomic mass is 10.2. The van der Waals surface area contributed by atoms with Crippen LogP contribution in [0.3, 0.4) is 0 Å². The van der Waals surface area contributed by atoms with Crippen molar-refractivity contribution in [3.05, 3.63) is 0 Å². The average molecular weight is 185 g/mol. The highest BCUT2D eigenvalue weighted by Crippen LogP contribution is 2.46. The van der Waals surface area contributed by atoms with Crippen molar-refractivity contribution in [2.45, 2.75) is 32.6 Å². The van der Waals surface area contributed by atoms with Crippen LogP contribution in [0, 0.1) is 0 Å². The minimum atomic E-state index is -3.23. The van der Waals surface area contributed by atoms with Gasteiger partial charge in [-0.3, -0.25) is 4.57 Å². The molecule has 0 aliphatic carbocycles. The van der Waals surface area contributed by atoms with E-state index in [1.807, 2.05) is 0 Å². The number of unbranched alkanes of at least 4 members (excludes halogenated alkanes) is 3. The fourth-order valence-electron chi connectivity index (χ4n) is 0.734. The molecule has 10 heavy (non-hydrogen) atoms. The molecule has 0 amide bonds. The van der Waals surface area contributed by atoms with Crippen molar-refractivity contribution in [1.82, 2.24) is 0 Å². The monoisotopic (exact) mass is 184 g/mol. The highest BCUT2D eigenvalue weighted by Gasteiger charge is 2.10. The zero-order chi connectivity index (χ0) is 8.04. The second-order valence-electron chi connectivity index (χ2n) is 2.40. The minimum Gasteiger partial charge on any atom is -0.333 e. The largest absolute Gasteiger partial charge is 0.333 e. The maximum Gasteiger partial charge on any atom is 0.287 e. The second-order valence-corrected chi connectivity index (χ2v) is 5.67. The predicted molar refractivity (Wildman–Crippen MR) is 44.7 cm³/mol. The summed E-state index contributed by atoms with van der Waals surface area (Å²) in [7, 11) is 0. The first kappa shape index (κ1) is 10.5. The molecule has 0 aromatic rings. The van der Waals surface area contributed by atoms with Crippen LogP contribution >= 0.6 is 18.0 Å². The van der Waals surface area contributed by atoms with Crippen LogP contribution < -0.4 is 0 Å². The Labute approximate surface area is 66.8 Å².